The van der Waals surface area contributed by atoms with Crippen molar-refractivity contribution in [1.29, 1.82) is 0 Å². The van der Waals surface area contributed by atoms with Gasteiger partial charge in [0.25, 0.3) is 0 Å². The van der Waals surface area contributed by atoms with E-state index in [2.05, 4.69) is 26.0 Å². The topological polar surface area (TPSA) is 80.3 Å². The quantitative estimate of drug-likeness (QED) is 0.237. The summed E-state index contributed by atoms with van der Waals surface area (Å²) < 4.78 is 28.0. The highest BCUT2D eigenvalue weighted by molar-refractivity contribution is 6.15. The van der Waals surface area contributed by atoms with Crippen LogP contribution in [0.15, 0.2) is 54.3 Å². The van der Waals surface area contributed by atoms with Gasteiger partial charge in [0.05, 0.1) is 33.3 Å². The van der Waals surface area contributed by atoms with Crippen LogP contribution in [0.25, 0.3) is 6.08 Å². The molecule has 0 saturated carbocycles. The third kappa shape index (κ3) is 4.31. The molecule has 2 aliphatic rings. The van der Waals surface area contributed by atoms with Gasteiger partial charge in [0.1, 0.15) is 17.2 Å². The molecule has 0 saturated heterocycles. The van der Waals surface area contributed by atoms with Crippen molar-refractivity contribution in [2.75, 3.05) is 21.3 Å². The van der Waals surface area contributed by atoms with Crippen molar-refractivity contribution in [3.63, 3.8) is 0 Å². The molecular weight excluding hydrogens is 472 g/mol. The third-order valence-corrected chi connectivity index (χ3v) is 6.81. The van der Waals surface area contributed by atoms with E-state index in [9.17, 15) is 9.59 Å². The van der Waals surface area contributed by atoms with Crippen molar-refractivity contribution in [1.82, 2.24) is 0 Å². The Morgan fingerprint density at radius 2 is 1.54 bits per heavy atom. The van der Waals surface area contributed by atoms with Crippen molar-refractivity contribution >= 4 is 17.8 Å². The van der Waals surface area contributed by atoms with E-state index in [1.807, 2.05) is 12.1 Å². The molecule has 0 N–H and O–H groups in total. The fourth-order valence-corrected chi connectivity index (χ4v) is 4.81. The molecule has 0 amide bonds. The fraction of sp³-hybridized carbons (Fsp3) is 0.267. The molecule has 0 fully saturated rings. The number of esters is 1. The number of ether oxygens (including phenoxy) is 5. The Kier molecular flexibility index (Phi) is 6.38. The molecule has 3 aromatic rings. The number of ketones is 1. The Morgan fingerprint density at radius 1 is 0.865 bits per heavy atom. The Morgan fingerprint density at radius 3 is 2.19 bits per heavy atom. The number of methoxy groups -OCH3 is 3. The first-order valence-corrected chi connectivity index (χ1v) is 12.1. The maximum Gasteiger partial charge on any atom is 0.312 e. The molecule has 190 valence electrons. The van der Waals surface area contributed by atoms with Gasteiger partial charge < -0.3 is 23.7 Å². The molecule has 0 aromatic heterocycles. The summed E-state index contributed by atoms with van der Waals surface area (Å²) in [4.78, 5) is 25.9. The number of rotatable bonds is 6. The van der Waals surface area contributed by atoms with Crippen molar-refractivity contribution in [2.45, 2.75) is 32.1 Å². The second kappa shape index (κ2) is 9.65. The molecule has 0 bridgehead atoms. The first-order valence-electron chi connectivity index (χ1n) is 12.1. The number of carbonyl (C=O) groups excluding carboxylic acids is 2. The Bertz CT molecular complexity index is 1420. The van der Waals surface area contributed by atoms with Gasteiger partial charge in [-0.15, -0.1) is 0 Å². The smallest absolute Gasteiger partial charge is 0.312 e. The standard InChI is InChI=1S/C30H28O7/c1-16(2)17-6-8-18(9-7-17)21-14-27(31)36-22-11-10-20-29(32)26(37-30(20)28(21)22)13-19-12-24(34-4)25(35-5)15-23(19)33-3/h6-13,15-16,21H,14H2,1-5H3. The lowest BCUT2D eigenvalue weighted by atomic mass is 9.84. The average molecular weight is 501 g/mol. The van der Waals surface area contributed by atoms with Crippen LogP contribution in [-0.4, -0.2) is 33.1 Å². The van der Waals surface area contributed by atoms with E-state index in [1.165, 1.54) is 19.8 Å². The maximum absolute atomic E-state index is 13.4. The van der Waals surface area contributed by atoms with E-state index in [0.717, 1.165) is 5.56 Å². The second-order valence-corrected chi connectivity index (χ2v) is 9.30. The van der Waals surface area contributed by atoms with E-state index in [-0.39, 0.29) is 29.9 Å². The van der Waals surface area contributed by atoms with Crippen LogP contribution in [0, 0.1) is 0 Å². The molecule has 7 nitrogen and oxygen atoms in total. The van der Waals surface area contributed by atoms with Gasteiger partial charge in [-0.3, -0.25) is 9.59 Å². The summed E-state index contributed by atoms with van der Waals surface area (Å²) in [5, 5.41) is 0. The third-order valence-electron chi connectivity index (χ3n) is 6.81. The van der Waals surface area contributed by atoms with Crippen LogP contribution < -0.4 is 23.7 Å². The monoisotopic (exact) mass is 500 g/mol. The van der Waals surface area contributed by atoms with Crippen molar-refractivity contribution in [3.05, 3.63) is 82.1 Å². The zero-order chi connectivity index (χ0) is 26.3. The number of carbonyl (C=O) groups is 2. The summed E-state index contributed by atoms with van der Waals surface area (Å²) in [5.41, 5.74) is 3.89. The molecule has 37 heavy (non-hydrogen) atoms. The first-order chi connectivity index (χ1) is 17.8. The highest BCUT2D eigenvalue weighted by atomic mass is 16.5. The fourth-order valence-electron chi connectivity index (χ4n) is 4.81. The van der Waals surface area contributed by atoms with Gasteiger partial charge in [0, 0.05) is 23.1 Å². The largest absolute Gasteiger partial charge is 0.496 e. The van der Waals surface area contributed by atoms with Crippen LogP contribution in [0.1, 0.15) is 64.7 Å². The maximum atomic E-state index is 13.4. The number of hydrogen-bond donors (Lipinski definition) is 0. The molecule has 0 aliphatic carbocycles. The van der Waals surface area contributed by atoms with Crippen LogP contribution >= 0.6 is 0 Å². The minimum atomic E-state index is -0.319. The normalized spacial score (nSPS) is 17.2. The Labute approximate surface area is 215 Å². The van der Waals surface area contributed by atoms with Gasteiger partial charge in [0.2, 0.25) is 5.78 Å². The van der Waals surface area contributed by atoms with E-state index in [1.54, 1.807) is 37.5 Å². The molecule has 2 aliphatic heterocycles. The van der Waals surface area contributed by atoms with Crippen molar-refractivity contribution < 1.29 is 33.3 Å². The van der Waals surface area contributed by atoms with Crippen LogP contribution in [0.3, 0.4) is 0 Å². The van der Waals surface area contributed by atoms with Crippen LogP contribution in [-0.2, 0) is 4.79 Å². The summed E-state index contributed by atoms with van der Waals surface area (Å²) >= 11 is 0. The van der Waals surface area contributed by atoms with Gasteiger partial charge in [-0.05, 0) is 41.3 Å². The first kappa shape index (κ1) is 24.4. The van der Waals surface area contributed by atoms with Crippen molar-refractivity contribution in [2.24, 2.45) is 0 Å². The lowest BCUT2D eigenvalue weighted by molar-refractivity contribution is -0.135. The minimum Gasteiger partial charge on any atom is -0.496 e. The van der Waals surface area contributed by atoms with E-state index in [4.69, 9.17) is 23.7 Å². The molecule has 5 rings (SSSR count). The minimum absolute atomic E-state index is 0.139. The van der Waals surface area contributed by atoms with Crippen molar-refractivity contribution in [3.8, 4) is 28.7 Å². The lowest BCUT2D eigenvalue weighted by Crippen LogP contribution is -2.21. The number of Topliss-reactive ketones (excluding diaryl/α,β-unsaturated/α-hetero) is 1. The number of benzene rings is 3. The zero-order valence-corrected chi connectivity index (χ0v) is 21.4. The molecule has 2 heterocycles. The summed E-state index contributed by atoms with van der Waals surface area (Å²) in [7, 11) is 4.61. The van der Waals surface area contributed by atoms with Gasteiger partial charge in [0.15, 0.2) is 17.3 Å². The lowest BCUT2D eigenvalue weighted by Gasteiger charge is -2.26. The van der Waals surface area contributed by atoms with Gasteiger partial charge in [-0.1, -0.05) is 38.1 Å². The summed E-state index contributed by atoms with van der Waals surface area (Å²) in [6.45, 7) is 4.27. The highest BCUT2D eigenvalue weighted by Crippen LogP contribution is 2.49. The summed E-state index contributed by atoms with van der Waals surface area (Å²) in [6, 6.07) is 14.9. The predicted octanol–water partition coefficient (Wildman–Crippen LogP) is 5.89. The Balaban J connectivity index is 1.58. The van der Waals surface area contributed by atoms with Crippen LogP contribution in [0.5, 0.6) is 28.7 Å². The number of allylic oxidation sites excluding steroid dienone is 1. The molecule has 7 heteroatoms. The molecule has 3 aromatic carbocycles. The number of fused-ring (bicyclic) bond motifs is 3. The summed E-state index contributed by atoms with van der Waals surface area (Å²) in [5.74, 6) is 1.97. The SMILES string of the molecule is COc1cc(OC)c(OC)cc1C=C1Oc2c(ccc3c2C(c2ccc(C(C)C)cc2)CC(=O)O3)C1=O. The van der Waals surface area contributed by atoms with Gasteiger partial charge in [-0.2, -0.15) is 0 Å². The average Bonchev–Trinajstić information content (AvgIpc) is 3.22. The molecular formula is C30H28O7. The second-order valence-electron chi connectivity index (χ2n) is 9.30. The zero-order valence-electron chi connectivity index (χ0n) is 21.4. The van der Waals surface area contributed by atoms with Gasteiger partial charge in [-0.25, -0.2) is 0 Å². The highest BCUT2D eigenvalue weighted by Gasteiger charge is 2.38. The molecule has 0 spiro atoms. The number of hydrogen-bond acceptors (Lipinski definition) is 7. The summed E-state index contributed by atoms with van der Waals surface area (Å²) in [6.07, 6.45) is 1.78. The predicted molar refractivity (Wildman–Crippen MR) is 138 cm³/mol. The van der Waals surface area contributed by atoms with Crippen LogP contribution in [0.4, 0.5) is 0 Å². The Hall–Kier alpha value is -4.26. The van der Waals surface area contributed by atoms with Crippen LogP contribution in [0.2, 0.25) is 0 Å². The molecule has 1 unspecified atom stereocenters. The van der Waals surface area contributed by atoms with E-state index < -0.39 is 0 Å². The van der Waals surface area contributed by atoms with Gasteiger partial charge >= 0.3 is 5.97 Å². The molecule has 1 atom stereocenters. The van der Waals surface area contributed by atoms with E-state index >= 15 is 0 Å². The molecule has 0 radical (unpaired) electrons. The van der Waals surface area contributed by atoms with E-state index in [0.29, 0.717) is 51.4 Å².